The summed E-state index contributed by atoms with van der Waals surface area (Å²) in [6.07, 6.45) is 1.49. The number of thioether (sulfide) groups is 1. The number of benzene rings is 4. The van der Waals surface area contributed by atoms with Gasteiger partial charge >= 0.3 is 10.1 Å². The molecule has 1 fully saturated rings. The van der Waals surface area contributed by atoms with Gasteiger partial charge in [0.25, 0.3) is 11.1 Å². The fourth-order valence-corrected chi connectivity index (χ4v) is 5.89. The van der Waals surface area contributed by atoms with Gasteiger partial charge in [0.1, 0.15) is 10.6 Å². The Hall–Kier alpha value is -3.15. The number of imide groups is 1. The third kappa shape index (κ3) is 5.18. The van der Waals surface area contributed by atoms with Gasteiger partial charge in [-0.2, -0.15) is 8.42 Å². The van der Waals surface area contributed by atoms with Crippen LogP contribution in [-0.2, 0) is 21.5 Å². The molecule has 1 saturated heterocycles. The number of rotatable bonds is 6. The summed E-state index contributed by atoms with van der Waals surface area (Å²) in [6.45, 7) is 0.160. The molecule has 180 valence electrons. The van der Waals surface area contributed by atoms with Crippen LogP contribution in [0.25, 0.3) is 16.8 Å². The fourth-order valence-electron chi connectivity index (χ4n) is 3.71. The zero-order chi connectivity index (χ0) is 25.3. The van der Waals surface area contributed by atoms with Crippen LogP contribution >= 0.6 is 34.4 Å². The van der Waals surface area contributed by atoms with Gasteiger partial charge in [0.2, 0.25) is 0 Å². The Kier molecular flexibility index (Phi) is 6.87. The summed E-state index contributed by atoms with van der Waals surface area (Å²) in [4.78, 5) is 26.9. The lowest BCUT2D eigenvalue weighted by Crippen LogP contribution is -2.27. The van der Waals surface area contributed by atoms with Crippen molar-refractivity contribution in [3.05, 3.63) is 111 Å². The predicted octanol–water partition coefficient (Wildman–Crippen LogP) is 6.45. The Morgan fingerprint density at radius 2 is 1.56 bits per heavy atom. The molecular weight excluding hydrogens is 609 g/mol. The molecule has 0 aliphatic carbocycles. The summed E-state index contributed by atoms with van der Waals surface area (Å²) in [6, 6.07) is 26.3. The molecule has 1 heterocycles. The summed E-state index contributed by atoms with van der Waals surface area (Å²) in [7, 11) is -4.14. The monoisotopic (exact) mass is 627 g/mol. The highest BCUT2D eigenvalue weighted by Gasteiger charge is 2.35. The molecule has 0 saturated carbocycles. The molecule has 0 atom stereocenters. The lowest BCUT2D eigenvalue weighted by molar-refractivity contribution is -0.123. The highest BCUT2D eigenvalue weighted by molar-refractivity contribution is 14.1. The average Bonchev–Trinajstić information content (AvgIpc) is 3.13. The molecule has 0 aromatic heterocycles. The van der Waals surface area contributed by atoms with E-state index in [1.165, 1.54) is 23.1 Å². The number of para-hydroxylation sites is 1. The van der Waals surface area contributed by atoms with Gasteiger partial charge < -0.3 is 4.18 Å². The van der Waals surface area contributed by atoms with Gasteiger partial charge in [-0.3, -0.25) is 14.5 Å². The van der Waals surface area contributed by atoms with Crippen LogP contribution in [0.4, 0.5) is 4.79 Å². The number of carbonyl (C=O) groups is 2. The minimum Gasteiger partial charge on any atom is -0.378 e. The van der Waals surface area contributed by atoms with Gasteiger partial charge in [0.05, 0.1) is 11.4 Å². The summed E-state index contributed by atoms with van der Waals surface area (Å²) >= 11 is 3.00. The SMILES string of the molecule is O=C1S/C(=C\c2ccccc2OS(=O)(=O)c2ccc3ccccc3c2)C(=O)N1Cc1ccc(I)cc1. The number of hydrogen-bond acceptors (Lipinski definition) is 6. The molecule has 9 heteroatoms. The summed E-state index contributed by atoms with van der Waals surface area (Å²) in [5, 5.41) is 1.31. The number of carbonyl (C=O) groups excluding carboxylic acids is 2. The fraction of sp³-hybridized carbons (Fsp3) is 0.0370. The lowest BCUT2D eigenvalue weighted by atomic mass is 10.1. The first kappa shape index (κ1) is 24.5. The Morgan fingerprint density at radius 3 is 2.33 bits per heavy atom. The number of hydrogen-bond donors (Lipinski definition) is 0. The molecule has 1 aliphatic heterocycles. The summed E-state index contributed by atoms with van der Waals surface area (Å²) < 4.78 is 32.6. The van der Waals surface area contributed by atoms with Crippen molar-refractivity contribution < 1.29 is 22.2 Å². The number of halogens is 1. The van der Waals surface area contributed by atoms with Gasteiger partial charge in [0, 0.05) is 9.13 Å². The van der Waals surface area contributed by atoms with E-state index in [9.17, 15) is 18.0 Å². The van der Waals surface area contributed by atoms with E-state index >= 15 is 0 Å². The van der Waals surface area contributed by atoms with Crippen molar-refractivity contribution in [2.24, 2.45) is 0 Å². The minimum atomic E-state index is -4.14. The maximum absolute atomic E-state index is 13.1. The quantitative estimate of drug-likeness (QED) is 0.139. The molecule has 0 N–H and O–H groups in total. The number of amides is 2. The van der Waals surface area contributed by atoms with E-state index in [-0.39, 0.29) is 27.3 Å². The van der Waals surface area contributed by atoms with Crippen LogP contribution in [0, 0.1) is 3.57 Å². The molecule has 1 aliphatic rings. The van der Waals surface area contributed by atoms with Crippen molar-refractivity contribution in [1.29, 1.82) is 0 Å². The highest BCUT2D eigenvalue weighted by Crippen LogP contribution is 2.35. The van der Waals surface area contributed by atoms with E-state index in [0.717, 1.165) is 31.7 Å². The Balaban J connectivity index is 1.41. The first-order chi connectivity index (χ1) is 17.3. The van der Waals surface area contributed by atoms with Crippen LogP contribution in [-0.4, -0.2) is 24.5 Å². The molecule has 4 aromatic rings. The topological polar surface area (TPSA) is 80.8 Å². The van der Waals surface area contributed by atoms with Gasteiger partial charge in [0.15, 0.2) is 0 Å². The van der Waals surface area contributed by atoms with Crippen LogP contribution in [0.1, 0.15) is 11.1 Å². The third-order valence-corrected chi connectivity index (χ3v) is 8.40. The second kappa shape index (κ2) is 10.1. The van der Waals surface area contributed by atoms with Crippen LogP contribution < -0.4 is 4.18 Å². The predicted molar refractivity (Wildman–Crippen MR) is 149 cm³/mol. The third-order valence-electron chi connectivity index (χ3n) is 5.54. The molecule has 0 spiro atoms. The van der Waals surface area contributed by atoms with Crippen molar-refractivity contribution in [2.45, 2.75) is 11.4 Å². The number of fused-ring (bicyclic) bond motifs is 1. The normalized spacial score (nSPS) is 15.1. The van der Waals surface area contributed by atoms with Crippen molar-refractivity contribution in [1.82, 2.24) is 4.90 Å². The molecule has 4 aromatic carbocycles. The van der Waals surface area contributed by atoms with E-state index in [0.29, 0.717) is 5.56 Å². The second-order valence-electron chi connectivity index (χ2n) is 7.98. The van der Waals surface area contributed by atoms with E-state index < -0.39 is 16.0 Å². The van der Waals surface area contributed by atoms with E-state index in [2.05, 4.69) is 22.6 Å². The Morgan fingerprint density at radius 1 is 0.861 bits per heavy atom. The maximum Gasteiger partial charge on any atom is 0.339 e. The minimum absolute atomic E-state index is 0.0221. The van der Waals surface area contributed by atoms with E-state index in [1.807, 2.05) is 48.5 Å². The van der Waals surface area contributed by atoms with Crippen molar-refractivity contribution >= 4 is 72.5 Å². The first-order valence-corrected chi connectivity index (χ1v) is 14.1. The van der Waals surface area contributed by atoms with E-state index in [1.54, 1.807) is 30.3 Å². The zero-order valence-corrected chi connectivity index (χ0v) is 22.4. The lowest BCUT2D eigenvalue weighted by Gasteiger charge is -2.12. The molecule has 5 rings (SSSR count). The Labute approximate surface area is 226 Å². The molecule has 0 radical (unpaired) electrons. The number of nitrogens with zero attached hydrogens (tertiary/aromatic N) is 1. The van der Waals surface area contributed by atoms with Crippen LogP contribution in [0.15, 0.2) is 101 Å². The smallest absolute Gasteiger partial charge is 0.339 e. The molecule has 0 bridgehead atoms. The van der Waals surface area contributed by atoms with Crippen LogP contribution in [0.3, 0.4) is 0 Å². The first-order valence-electron chi connectivity index (χ1n) is 10.8. The Bertz CT molecular complexity index is 1630. The summed E-state index contributed by atoms with van der Waals surface area (Å²) in [5.41, 5.74) is 1.21. The van der Waals surface area contributed by atoms with Crippen molar-refractivity contribution in [3.8, 4) is 5.75 Å². The molecule has 2 amide bonds. The summed E-state index contributed by atoms with van der Waals surface area (Å²) in [5.74, 6) is -0.370. The molecule has 6 nitrogen and oxygen atoms in total. The molecular formula is C27H18INO5S2. The standard InChI is InChI=1S/C27H18INO5S2/c28-22-12-9-18(10-13-22)17-29-26(30)25(35-27(29)31)16-21-7-3-4-8-24(21)34-36(32,33)23-14-11-19-5-1-2-6-20(19)15-23/h1-16H,17H2/b25-16-. The van der Waals surface area contributed by atoms with Crippen molar-refractivity contribution in [2.75, 3.05) is 0 Å². The highest BCUT2D eigenvalue weighted by atomic mass is 127. The van der Waals surface area contributed by atoms with Crippen LogP contribution in [0.2, 0.25) is 0 Å². The van der Waals surface area contributed by atoms with Gasteiger partial charge in [-0.05, 0) is 87.1 Å². The average molecular weight is 627 g/mol. The zero-order valence-electron chi connectivity index (χ0n) is 18.6. The van der Waals surface area contributed by atoms with E-state index in [4.69, 9.17) is 4.18 Å². The second-order valence-corrected chi connectivity index (χ2v) is 11.8. The molecule has 36 heavy (non-hydrogen) atoms. The molecule has 0 unspecified atom stereocenters. The van der Waals surface area contributed by atoms with Crippen LogP contribution in [0.5, 0.6) is 5.75 Å². The van der Waals surface area contributed by atoms with Gasteiger partial charge in [-0.15, -0.1) is 0 Å². The van der Waals surface area contributed by atoms with Gasteiger partial charge in [-0.25, -0.2) is 0 Å². The van der Waals surface area contributed by atoms with Crippen molar-refractivity contribution in [3.63, 3.8) is 0 Å². The maximum atomic E-state index is 13.1. The largest absolute Gasteiger partial charge is 0.378 e. The van der Waals surface area contributed by atoms with Gasteiger partial charge in [-0.1, -0.05) is 60.7 Å².